The van der Waals surface area contributed by atoms with Crippen molar-refractivity contribution in [3.63, 3.8) is 0 Å². The number of anilines is 1. The summed E-state index contributed by atoms with van der Waals surface area (Å²) >= 11 is 0. The molecule has 3 N–H and O–H groups in total. The van der Waals surface area contributed by atoms with Gasteiger partial charge >= 0.3 is 5.97 Å². The van der Waals surface area contributed by atoms with Crippen molar-refractivity contribution in [1.29, 1.82) is 0 Å². The number of carboxylic acids is 1. The third-order valence-electron chi connectivity index (χ3n) is 3.51. The highest BCUT2D eigenvalue weighted by Gasteiger charge is 2.11. The maximum atomic E-state index is 12.2. The summed E-state index contributed by atoms with van der Waals surface area (Å²) in [5, 5.41) is 13.9. The van der Waals surface area contributed by atoms with E-state index in [1.165, 1.54) is 6.08 Å². The van der Waals surface area contributed by atoms with Crippen molar-refractivity contribution in [2.75, 3.05) is 11.9 Å². The Morgan fingerprint density at radius 3 is 2.38 bits per heavy atom. The zero-order chi connectivity index (χ0) is 18.8. The second-order valence-electron chi connectivity index (χ2n) is 5.53. The molecule has 0 saturated carbocycles. The molecule has 2 amide bonds. The first-order valence-corrected chi connectivity index (χ1v) is 8.19. The van der Waals surface area contributed by atoms with E-state index in [4.69, 9.17) is 5.11 Å². The van der Waals surface area contributed by atoms with Crippen LogP contribution in [0.2, 0.25) is 0 Å². The van der Waals surface area contributed by atoms with Gasteiger partial charge in [0, 0.05) is 19.0 Å². The van der Waals surface area contributed by atoms with Gasteiger partial charge in [0.05, 0.1) is 11.3 Å². The zero-order valence-corrected chi connectivity index (χ0v) is 14.1. The maximum absolute atomic E-state index is 12.2. The lowest BCUT2D eigenvalue weighted by atomic mass is 10.1. The number of carbonyl (C=O) groups is 3. The predicted molar refractivity (Wildman–Crippen MR) is 99.8 cm³/mol. The van der Waals surface area contributed by atoms with E-state index < -0.39 is 5.97 Å². The molecule has 2 aromatic rings. The molecular formula is C20H20N2O4. The molecule has 0 aliphatic carbocycles. The molecule has 0 spiro atoms. The molecule has 2 rings (SSSR count). The number of benzene rings is 2. The van der Waals surface area contributed by atoms with Crippen molar-refractivity contribution in [2.24, 2.45) is 0 Å². The molecule has 0 aliphatic rings. The molecule has 6 heteroatoms. The number of carbonyl (C=O) groups excluding carboxylic acids is 2. The van der Waals surface area contributed by atoms with Crippen LogP contribution in [0, 0.1) is 0 Å². The summed E-state index contributed by atoms with van der Waals surface area (Å²) in [5.74, 6) is -1.62. The summed E-state index contributed by atoms with van der Waals surface area (Å²) in [7, 11) is 0. The molecule has 26 heavy (non-hydrogen) atoms. The average Bonchev–Trinajstić information content (AvgIpc) is 2.64. The van der Waals surface area contributed by atoms with Crippen LogP contribution in [0.5, 0.6) is 0 Å². The van der Waals surface area contributed by atoms with Gasteiger partial charge in [0.1, 0.15) is 0 Å². The molecule has 0 atom stereocenters. The number of carboxylic acid groups (broad SMARTS) is 1. The molecule has 0 heterocycles. The van der Waals surface area contributed by atoms with Crippen molar-refractivity contribution >= 4 is 29.5 Å². The molecule has 6 nitrogen and oxygen atoms in total. The molecule has 0 saturated heterocycles. The van der Waals surface area contributed by atoms with Crippen LogP contribution in [0.4, 0.5) is 5.69 Å². The van der Waals surface area contributed by atoms with Gasteiger partial charge < -0.3 is 15.7 Å². The normalized spacial score (nSPS) is 10.5. The van der Waals surface area contributed by atoms with Gasteiger partial charge in [-0.1, -0.05) is 42.5 Å². The van der Waals surface area contributed by atoms with Gasteiger partial charge in [-0.2, -0.15) is 0 Å². The molecule has 0 fully saturated rings. The summed E-state index contributed by atoms with van der Waals surface area (Å²) < 4.78 is 0. The first-order chi connectivity index (χ1) is 12.6. The van der Waals surface area contributed by atoms with Crippen molar-refractivity contribution in [3.05, 3.63) is 71.8 Å². The van der Waals surface area contributed by atoms with E-state index in [2.05, 4.69) is 10.6 Å². The lowest BCUT2D eigenvalue weighted by molar-refractivity contribution is -0.137. The van der Waals surface area contributed by atoms with E-state index >= 15 is 0 Å². The van der Waals surface area contributed by atoms with Gasteiger partial charge in [0.15, 0.2) is 0 Å². The first-order valence-electron chi connectivity index (χ1n) is 8.19. The summed E-state index contributed by atoms with van der Waals surface area (Å²) in [6.45, 7) is 0.251. The molecule has 0 bridgehead atoms. The van der Waals surface area contributed by atoms with Crippen LogP contribution in [-0.2, 0) is 9.59 Å². The number of hydrogen-bond donors (Lipinski definition) is 3. The fraction of sp³-hybridized carbons (Fsp3) is 0.150. The topological polar surface area (TPSA) is 95.5 Å². The number of rotatable bonds is 8. The van der Waals surface area contributed by atoms with Crippen LogP contribution < -0.4 is 10.6 Å². The standard InChI is InChI=1S/C20H20N2O4/c23-18(13-12-15-7-2-1-3-8-15)22-17-10-5-4-9-16(17)20(26)21-14-6-11-19(24)25/h1-5,7-10,12-13H,6,11,14H2,(H,21,26)(H,22,23)(H,24,25)/b13-12+. The van der Waals surface area contributed by atoms with Crippen molar-refractivity contribution in [1.82, 2.24) is 5.32 Å². The van der Waals surface area contributed by atoms with E-state index in [9.17, 15) is 14.4 Å². The highest BCUT2D eigenvalue weighted by atomic mass is 16.4. The van der Waals surface area contributed by atoms with E-state index in [0.717, 1.165) is 5.56 Å². The monoisotopic (exact) mass is 352 g/mol. The first kappa shape index (κ1) is 18.9. The minimum absolute atomic E-state index is 0.0110. The van der Waals surface area contributed by atoms with Gasteiger partial charge in [-0.3, -0.25) is 14.4 Å². The SMILES string of the molecule is O=C(O)CCCNC(=O)c1ccccc1NC(=O)/C=C/c1ccccc1. The smallest absolute Gasteiger partial charge is 0.303 e. The van der Waals surface area contributed by atoms with Crippen molar-refractivity contribution < 1.29 is 19.5 Å². The molecule has 2 aromatic carbocycles. The Hall–Kier alpha value is -3.41. The van der Waals surface area contributed by atoms with Crippen molar-refractivity contribution in [2.45, 2.75) is 12.8 Å². The minimum atomic E-state index is -0.905. The van der Waals surface area contributed by atoms with Gasteiger partial charge in [-0.25, -0.2) is 0 Å². The van der Waals surface area contributed by atoms with Crippen molar-refractivity contribution in [3.8, 4) is 0 Å². The highest BCUT2D eigenvalue weighted by Crippen LogP contribution is 2.15. The van der Waals surface area contributed by atoms with Crippen LogP contribution in [0.1, 0.15) is 28.8 Å². The number of hydrogen-bond acceptors (Lipinski definition) is 3. The molecule has 0 aliphatic heterocycles. The number of para-hydroxylation sites is 1. The van der Waals surface area contributed by atoms with Crippen LogP contribution in [0.15, 0.2) is 60.7 Å². The van der Waals surface area contributed by atoms with Gasteiger partial charge in [0.2, 0.25) is 5.91 Å². The average molecular weight is 352 g/mol. The fourth-order valence-electron chi connectivity index (χ4n) is 2.24. The van der Waals surface area contributed by atoms with E-state index in [-0.39, 0.29) is 24.8 Å². The van der Waals surface area contributed by atoms with Gasteiger partial charge in [-0.05, 0) is 30.2 Å². The Labute approximate surface area is 151 Å². The molecule has 0 aromatic heterocycles. The van der Waals surface area contributed by atoms with E-state index in [0.29, 0.717) is 17.7 Å². The lowest BCUT2D eigenvalue weighted by Gasteiger charge is -2.10. The molecule has 0 unspecified atom stereocenters. The van der Waals surface area contributed by atoms with Crippen LogP contribution in [0.25, 0.3) is 6.08 Å². The maximum Gasteiger partial charge on any atom is 0.303 e. The van der Waals surface area contributed by atoms with Crippen LogP contribution in [0.3, 0.4) is 0 Å². The van der Waals surface area contributed by atoms with Gasteiger partial charge in [-0.15, -0.1) is 0 Å². The lowest BCUT2D eigenvalue weighted by Crippen LogP contribution is -2.26. The Bertz CT molecular complexity index is 800. The van der Waals surface area contributed by atoms with Crippen LogP contribution >= 0.6 is 0 Å². The van der Waals surface area contributed by atoms with Crippen LogP contribution in [-0.4, -0.2) is 29.4 Å². The van der Waals surface area contributed by atoms with E-state index in [1.54, 1.807) is 30.3 Å². The number of amides is 2. The summed E-state index contributed by atoms with van der Waals surface area (Å²) in [6.07, 6.45) is 3.42. The number of aliphatic carboxylic acids is 1. The minimum Gasteiger partial charge on any atom is -0.481 e. The summed E-state index contributed by atoms with van der Waals surface area (Å²) in [6, 6.07) is 16.1. The summed E-state index contributed by atoms with van der Waals surface area (Å²) in [4.78, 5) is 34.8. The molecular weight excluding hydrogens is 332 g/mol. The Balaban J connectivity index is 1.97. The Morgan fingerprint density at radius 2 is 1.65 bits per heavy atom. The predicted octanol–water partition coefficient (Wildman–Crippen LogP) is 2.93. The van der Waals surface area contributed by atoms with Gasteiger partial charge in [0.25, 0.3) is 5.91 Å². The third kappa shape index (κ3) is 6.24. The Morgan fingerprint density at radius 1 is 0.962 bits per heavy atom. The fourth-order valence-corrected chi connectivity index (χ4v) is 2.24. The Kier molecular flexibility index (Phi) is 7.12. The molecule has 0 radical (unpaired) electrons. The quantitative estimate of drug-likeness (QED) is 0.503. The van der Waals surface area contributed by atoms with E-state index in [1.807, 2.05) is 30.3 Å². The summed E-state index contributed by atoms with van der Waals surface area (Å²) in [5.41, 5.74) is 1.61. The largest absolute Gasteiger partial charge is 0.481 e. The third-order valence-corrected chi connectivity index (χ3v) is 3.51. The highest BCUT2D eigenvalue weighted by molar-refractivity contribution is 6.07. The second kappa shape index (κ2) is 9.78. The second-order valence-corrected chi connectivity index (χ2v) is 5.53. The number of nitrogens with one attached hydrogen (secondary N) is 2. The molecule has 134 valence electrons. The zero-order valence-electron chi connectivity index (χ0n) is 14.1.